The molecule has 1 atom stereocenters. The molecule has 164 valence electrons. The van der Waals surface area contributed by atoms with Gasteiger partial charge < -0.3 is 15.5 Å². The summed E-state index contributed by atoms with van der Waals surface area (Å²) in [5.41, 5.74) is 3.11. The van der Waals surface area contributed by atoms with Crippen molar-refractivity contribution in [2.24, 2.45) is 5.92 Å². The molecule has 2 aromatic carbocycles. The number of nitrogens with one attached hydrogen (secondary N) is 2. The third kappa shape index (κ3) is 5.94. The number of benzene rings is 2. The fourth-order valence-electron chi connectivity index (χ4n) is 3.43. The molecule has 0 aliphatic carbocycles. The zero-order valence-corrected chi connectivity index (χ0v) is 18.7. The molecular weight excluding hydrogens is 390 g/mol. The van der Waals surface area contributed by atoms with Gasteiger partial charge in [-0.1, -0.05) is 36.8 Å². The second kappa shape index (κ2) is 9.33. The van der Waals surface area contributed by atoms with Crippen LogP contribution in [0.1, 0.15) is 55.1 Å². The maximum atomic E-state index is 12.7. The minimum absolute atomic E-state index is 0.00807. The van der Waals surface area contributed by atoms with E-state index in [-0.39, 0.29) is 35.6 Å². The first-order chi connectivity index (χ1) is 14.7. The minimum Gasteiger partial charge on any atom is -0.347 e. The second-order valence-corrected chi connectivity index (χ2v) is 8.92. The predicted octanol–water partition coefficient (Wildman–Crippen LogP) is 3.90. The van der Waals surface area contributed by atoms with Gasteiger partial charge >= 0.3 is 0 Å². The number of likely N-dealkylation sites (tertiary alicyclic amines) is 1. The number of carbonyl (C=O) groups excluding carboxylic acids is 3. The van der Waals surface area contributed by atoms with Crippen LogP contribution in [0, 0.1) is 12.8 Å². The Kier molecular flexibility index (Phi) is 6.78. The topological polar surface area (TPSA) is 78.5 Å². The third-order valence-corrected chi connectivity index (χ3v) is 5.83. The zero-order valence-electron chi connectivity index (χ0n) is 18.7. The predicted molar refractivity (Wildman–Crippen MR) is 122 cm³/mol. The molecule has 31 heavy (non-hydrogen) atoms. The van der Waals surface area contributed by atoms with E-state index in [9.17, 15) is 14.4 Å². The molecule has 1 aliphatic rings. The van der Waals surface area contributed by atoms with Gasteiger partial charge in [0.25, 0.3) is 5.91 Å². The number of carbonyl (C=O) groups is 3. The number of anilines is 1. The fourth-order valence-corrected chi connectivity index (χ4v) is 3.43. The van der Waals surface area contributed by atoms with Crippen molar-refractivity contribution in [1.29, 1.82) is 0 Å². The summed E-state index contributed by atoms with van der Waals surface area (Å²) in [6.07, 6.45) is 1.04. The summed E-state index contributed by atoms with van der Waals surface area (Å²) in [4.78, 5) is 39.1. The van der Waals surface area contributed by atoms with Crippen LogP contribution in [0.25, 0.3) is 0 Å². The van der Waals surface area contributed by atoms with Crippen LogP contribution in [-0.2, 0) is 16.1 Å². The molecule has 3 amide bonds. The van der Waals surface area contributed by atoms with Crippen LogP contribution in [0.3, 0.4) is 0 Å². The molecule has 2 aromatic rings. The quantitative estimate of drug-likeness (QED) is 0.712. The van der Waals surface area contributed by atoms with Gasteiger partial charge in [-0.3, -0.25) is 14.4 Å². The molecule has 2 N–H and O–H groups in total. The first kappa shape index (κ1) is 22.5. The number of rotatable bonds is 7. The van der Waals surface area contributed by atoms with Crippen molar-refractivity contribution in [3.05, 3.63) is 65.2 Å². The van der Waals surface area contributed by atoms with E-state index >= 15 is 0 Å². The summed E-state index contributed by atoms with van der Waals surface area (Å²) in [5.74, 6) is -0.709. The highest BCUT2D eigenvalue weighted by molar-refractivity contribution is 5.98. The van der Waals surface area contributed by atoms with Crippen LogP contribution < -0.4 is 10.6 Å². The summed E-state index contributed by atoms with van der Waals surface area (Å²) in [5, 5.41) is 5.86. The fraction of sp³-hybridized carbons (Fsp3) is 0.400. The Morgan fingerprint density at radius 1 is 1.06 bits per heavy atom. The lowest BCUT2D eigenvalue weighted by atomic mass is 10.0. The summed E-state index contributed by atoms with van der Waals surface area (Å²) < 4.78 is 0. The monoisotopic (exact) mass is 421 g/mol. The van der Waals surface area contributed by atoms with Crippen LogP contribution >= 0.6 is 0 Å². The molecule has 6 nitrogen and oxygen atoms in total. The first-order valence-corrected chi connectivity index (χ1v) is 10.7. The van der Waals surface area contributed by atoms with Crippen molar-refractivity contribution in [3.63, 3.8) is 0 Å². The van der Waals surface area contributed by atoms with Gasteiger partial charge in [0.2, 0.25) is 11.8 Å². The molecule has 1 heterocycles. The van der Waals surface area contributed by atoms with Crippen molar-refractivity contribution >= 4 is 23.4 Å². The zero-order chi connectivity index (χ0) is 22.6. The highest BCUT2D eigenvalue weighted by Gasteiger charge is 2.34. The maximum absolute atomic E-state index is 12.7. The minimum atomic E-state index is -0.383. The van der Waals surface area contributed by atoms with Gasteiger partial charge in [0.05, 0.1) is 5.92 Å². The van der Waals surface area contributed by atoms with Crippen molar-refractivity contribution in [2.45, 2.75) is 52.6 Å². The molecule has 1 fully saturated rings. The highest BCUT2D eigenvalue weighted by Crippen LogP contribution is 2.22. The molecule has 0 spiro atoms. The average Bonchev–Trinajstić information content (AvgIpc) is 3.10. The lowest BCUT2D eigenvalue weighted by molar-refractivity contribution is -0.128. The number of amides is 3. The SMILES string of the molecule is CCC(C)(C)NC(=O)c1ccc(NC(=O)C2CC(=O)N(Cc3ccc(C)cc3)C2)cc1. The van der Waals surface area contributed by atoms with Crippen LogP contribution in [0.4, 0.5) is 5.69 Å². The molecule has 0 radical (unpaired) electrons. The van der Waals surface area contributed by atoms with Crippen LogP contribution in [-0.4, -0.2) is 34.7 Å². The van der Waals surface area contributed by atoms with Gasteiger partial charge in [0.1, 0.15) is 0 Å². The number of nitrogens with zero attached hydrogens (tertiary/aromatic N) is 1. The summed E-state index contributed by atoms with van der Waals surface area (Å²) in [6.45, 7) is 8.92. The molecule has 6 heteroatoms. The van der Waals surface area contributed by atoms with Crippen molar-refractivity contribution < 1.29 is 14.4 Å². The second-order valence-electron chi connectivity index (χ2n) is 8.92. The van der Waals surface area contributed by atoms with Gasteiger partial charge in [0.15, 0.2) is 0 Å². The van der Waals surface area contributed by atoms with E-state index in [4.69, 9.17) is 0 Å². The molecular formula is C25H31N3O3. The van der Waals surface area contributed by atoms with Crippen LogP contribution in [0.15, 0.2) is 48.5 Å². The molecule has 0 aromatic heterocycles. The Labute approximate surface area is 184 Å². The highest BCUT2D eigenvalue weighted by atomic mass is 16.2. The van der Waals surface area contributed by atoms with E-state index in [0.717, 1.165) is 12.0 Å². The van der Waals surface area contributed by atoms with Crippen molar-refractivity contribution in [3.8, 4) is 0 Å². The standard InChI is InChI=1S/C25H31N3O3/c1-5-25(3,4)27-24(31)19-10-12-21(13-11-19)26-23(30)20-14-22(29)28(16-20)15-18-8-6-17(2)7-9-18/h6-13,20H,5,14-16H2,1-4H3,(H,26,30)(H,27,31). The lowest BCUT2D eigenvalue weighted by Gasteiger charge is -2.24. The van der Waals surface area contributed by atoms with Crippen LogP contribution in [0.2, 0.25) is 0 Å². The van der Waals surface area contributed by atoms with E-state index in [0.29, 0.717) is 24.3 Å². The normalized spacial score (nSPS) is 16.3. The Morgan fingerprint density at radius 3 is 2.32 bits per heavy atom. The maximum Gasteiger partial charge on any atom is 0.251 e. The van der Waals surface area contributed by atoms with E-state index in [1.807, 2.05) is 52.0 Å². The molecule has 1 saturated heterocycles. The largest absolute Gasteiger partial charge is 0.347 e. The summed E-state index contributed by atoms with van der Waals surface area (Å²) >= 11 is 0. The third-order valence-electron chi connectivity index (χ3n) is 5.83. The smallest absolute Gasteiger partial charge is 0.251 e. The molecule has 0 bridgehead atoms. The Morgan fingerprint density at radius 2 is 1.71 bits per heavy atom. The van der Waals surface area contributed by atoms with Gasteiger partial charge in [0, 0.05) is 36.3 Å². The average molecular weight is 422 g/mol. The molecule has 3 rings (SSSR count). The van der Waals surface area contributed by atoms with E-state index < -0.39 is 0 Å². The van der Waals surface area contributed by atoms with Crippen molar-refractivity contribution in [2.75, 3.05) is 11.9 Å². The number of hydrogen-bond donors (Lipinski definition) is 2. The first-order valence-electron chi connectivity index (χ1n) is 10.7. The summed E-state index contributed by atoms with van der Waals surface area (Å²) in [7, 11) is 0. The Hall–Kier alpha value is -3.15. The molecule has 1 aliphatic heterocycles. The van der Waals surface area contributed by atoms with E-state index in [2.05, 4.69) is 10.6 Å². The van der Waals surface area contributed by atoms with Crippen molar-refractivity contribution in [1.82, 2.24) is 10.2 Å². The summed E-state index contributed by atoms with van der Waals surface area (Å²) in [6, 6.07) is 14.9. The van der Waals surface area contributed by atoms with E-state index in [1.165, 1.54) is 5.56 Å². The van der Waals surface area contributed by atoms with Gasteiger partial charge in [-0.05, 0) is 57.0 Å². The Bertz CT molecular complexity index is 949. The van der Waals surface area contributed by atoms with E-state index in [1.54, 1.807) is 29.2 Å². The number of aryl methyl sites for hydroxylation is 1. The van der Waals surface area contributed by atoms with Gasteiger partial charge in [-0.25, -0.2) is 0 Å². The molecule has 1 unspecified atom stereocenters. The Balaban J connectivity index is 1.56. The van der Waals surface area contributed by atoms with Gasteiger partial charge in [-0.15, -0.1) is 0 Å². The number of hydrogen-bond acceptors (Lipinski definition) is 3. The molecule has 0 saturated carbocycles. The van der Waals surface area contributed by atoms with Gasteiger partial charge in [-0.2, -0.15) is 0 Å². The lowest BCUT2D eigenvalue weighted by Crippen LogP contribution is -2.42. The van der Waals surface area contributed by atoms with Crippen LogP contribution in [0.5, 0.6) is 0 Å².